The van der Waals surface area contributed by atoms with Gasteiger partial charge in [0.2, 0.25) is 0 Å². The van der Waals surface area contributed by atoms with Crippen LogP contribution in [0, 0.1) is 0 Å². The van der Waals surface area contributed by atoms with Gasteiger partial charge >= 0.3 is 6.18 Å². The first-order chi connectivity index (χ1) is 7.04. The third-order valence-electron chi connectivity index (χ3n) is 2.52. The van der Waals surface area contributed by atoms with Gasteiger partial charge in [-0.15, -0.1) is 0 Å². The molecule has 0 atom stereocenters. The molecule has 1 heterocycles. The minimum atomic E-state index is -4.44. The van der Waals surface area contributed by atoms with Crippen LogP contribution in [0.4, 0.5) is 13.2 Å². The van der Waals surface area contributed by atoms with Gasteiger partial charge in [0, 0.05) is 23.8 Å². The molecular formula is C9H11F3N2O. The van der Waals surface area contributed by atoms with Gasteiger partial charge in [0.15, 0.2) is 5.69 Å². The molecule has 84 valence electrons. The second-order valence-electron chi connectivity index (χ2n) is 3.71. The molecule has 1 aromatic rings. The Hall–Kier alpha value is -1.04. The van der Waals surface area contributed by atoms with E-state index >= 15 is 0 Å². The van der Waals surface area contributed by atoms with Crippen LogP contribution in [0.25, 0.3) is 0 Å². The first-order valence-corrected chi connectivity index (χ1v) is 4.79. The van der Waals surface area contributed by atoms with Crippen LogP contribution in [0.2, 0.25) is 0 Å². The molecular weight excluding hydrogens is 209 g/mol. The Morgan fingerprint density at radius 2 is 2.07 bits per heavy atom. The highest BCUT2D eigenvalue weighted by atomic mass is 19.4. The smallest absolute Gasteiger partial charge is 0.396 e. The Morgan fingerprint density at radius 1 is 1.40 bits per heavy atom. The Balaban J connectivity index is 2.37. The van der Waals surface area contributed by atoms with Crippen LogP contribution in [-0.4, -0.2) is 21.9 Å². The number of nitrogens with zero attached hydrogens (tertiary/aromatic N) is 1. The number of alkyl halides is 3. The Morgan fingerprint density at radius 3 is 2.53 bits per heavy atom. The molecule has 0 unspecified atom stereocenters. The highest BCUT2D eigenvalue weighted by Gasteiger charge is 2.40. The van der Waals surface area contributed by atoms with Gasteiger partial charge in [-0.05, 0) is 19.3 Å². The number of hydrogen-bond donors (Lipinski definition) is 2. The first-order valence-electron chi connectivity index (χ1n) is 4.79. The molecule has 1 aromatic heterocycles. The second-order valence-corrected chi connectivity index (χ2v) is 3.71. The van der Waals surface area contributed by atoms with Gasteiger partial charge in [0.25, 0.3) is 0 Å². The number of rotatable bonds is 3. The summed E-state index contributed by atoms with van der Waals surface area (Å²) in [6.07, 6.45) is -2.62. The lowest BCUT2D eigenvalue weighted by Crippen LogP contribution is -2.10. The van der Waals surface area contributed by atoms with Gasteiger partial charge in [-0.25, -0.2) is 0 Å². The quantitative estimate of drug-likeness (QED) is 0.816. The van der Waals surface area contributed by atoms with Crippen molar-refractivity contribution >= 4 is 0 Å². The van der Waals surface area contributed by atoms with Crippen molar-refractivity contribution in [3.8, 4) is 0 Å². The predicted octanol–water partition coefficient (Wildman–Crippen LogP) is 1.84. The molecule has 0 aromatic carbocycles. The van der Waals surface area contributed by atoms with E-state index in [1.54, 1.807) is 0 Å². The Bertz CT molecular complexity index is 355. The van der Waals surface area contributed by atoms with Crippen LogP contribution in [0.15, 0.2) is 0 Å². The molecule has 1 saturated carbocycles. The third-order valence-corrected chi connectivity index (χ3v) is 2.52. The van der Waals surface area contributed by atoms with Crippen molar-refractivity contribution in [3.05, 3.63) is 17.0 Å². The van der Waals surface area contributed by atoms with Crippen molar-refractivity contribution in [2.45, 2.75) is 31.4 Å². The number of aromatic amines is 1. The van der Waals surface area contributed by atoms with E-state index in [1.165, 1.54) is 0 Å². The monoisotopic (exact) mass is 220 g/mol. The summed E-state index contributed by atoms with van der Waals surface area (Å²) in [5, 5.41) is 14.5. The molecule has 3 nitrogen and oxygen atoms in total. The van der Waals surface area contributed by atoms with Gasteiger partial charge in [-0.2, -0.15) is 18.3 Å². The highest BCUT2D eigenvalue weighted by Crippen LogP contribution is 2.43. The summed E-state index contributed by atoms with van der Waals surface area (Å²) >= 11 is 0. The average molecular weight is 220 g/mol. The van der Waals surface area contributed by atoms with E-state index in [0.29, 0.717) is 5.69 Å². The molecule has 0 amide bonds. The van der Waals surface area contributed by atoms with Crippen molar-refractivity contribution in [2.24, 2.45) is 0 Å². The molecule has 0 saturated heterocycles. The van der Waals surface area contributed by atoms with Crippen LogP contribution in [0.3, 0.4) is 0 Å². The first kappa shape index (κ1) is 10.5. The lowest BCUT2D eigenvalue weighted by atomic mass is 10.1. The summed E-state index contributed by atoms with van der Waals surface area (Å²) < 4.78 is 37.5. The summed E-state index contributed by atoms with van der Waals surface area (Å²) in [5.41, 5.74) is -0.192. The molecule has 1 aliphatic carbocycles. The van der Waals surface area contributed by atoms with Gasteiger partial charge in [-0.1, -0.05) is 0 Å². The standard InChI is InChI=1S/C9H11F3N2O/c10-9(11,12)8-6(3-4-15)7(13-14-8)5-1-2-5/h5,15H,1-4H2,(H,13,14). The number of halogens is 3. The van der Waals surface area contributed by atoms with Gasteiger partial charge in [0.05, 0.1) is 0 Å². The number of aliphatic hydroxyl groups is 1. The lowest BCUT2D eigenvalue weighted by molar-refractivity contribution is -0.141. The Kier molecular flexibility index (Phi) is 2.46. The molecule has 0 aliphatic heterocycles. The van der Waals surface area contributed by atoms with E-state index in [1.807, 2.05) is 0 Å². The fourth-order valence-corrected chi connectivity index (χ4v) is 1.69. The molecule has 6 heteroatoms. The van der Waals surface area contributed by atoms with Gasteiger partial charge in [0.1, 0.15) is 0 Å². The SMILES string of the molecule is OCCc1c(C(F)(F)F)n[nH]c1C1CC1. The minimum absolute atomic E-state index is 0.0111. The van der Waals surface area contributed by atoms with Crippen LogP contribution >= 0.6 is 0 Å². The van der Waals surface area contributed by atoms with E-state index < -0.39 is 11.9 Å². The summed E-state index contributed by atoms with van der Waals surface area (Å²) in [6.45, 7) is -0.289. The number of aromatic nitrogens is 2. The fraction of sp³-hybridized carbons (Fsp3) is 0.667. The third kappa shape index (κ3) is 1.99. The van der Waals surface area contributed by atoms with Crippen molar-refractivity contribution in [1.82, 2.24) is 10.2 Å². The second kappa shape index (κ2) is 3.52. The topological polar surface area (TPSA) is 48.9 Å². The zero-order valence-corrected chi connectivity index (χ0v) is 7.93. The molecule has 0 bridgehead atoms. The van der Waals surface area contributed by atoms with Crippen molar-refractivity contribution in [2.75, 3.05) is 6.61 Å². The van der Waals surface area contributed by atoms with Gasteiger partial charge < -0.3 is 5.11 Å². The van der Waals surface area contributed by atoms with Crippen molar-refractivity contribution < 1.29 is 18.3 Å². The van der Waals surface area contributed by atoms with E-state index in [0.717, 1.165) is 12.8 Å². The largest absolute Gasteiger partial charge is 0.435 e. The molecule has 0 radical (unpaired) electrons. The molecule has 15 heavy (non-hydrogen) atoms. The summed E-state index contributed by atoms with van der Waals surface area (Å²) in [5.74, 6) is 0.176. The predicted molar refractivity (Wildman–Crippen MR) is 46.4 cm³/mol. The van der Waals surface area contributed by atoms with E-state index in [2.05, 4.69) is 10.2 Å². The summed E-state index contributed by atoms with van der Waals surface area (Å²) in [7, 11) is 0. The summed E-state index contributed by atoms with van der Waals surface area (Å²) in [4.78, 5) is 0. The van der Waals surface area contributed by atoms with Crippen LogP contribution in [0.1, 0.15) is 35.7 Å². The Labute approximate surface area is 84.3 Å². The maximum atomic E-state index is 12.5. The molecule has 2 rings (SSSR count). The number of aliphatic hydroxyl groups excluding tert-OH is 1. The van der Waals surface area contributed by atoms with Crippen molar-refractivity contribution in [1.29, 1.82) is 0 Å². The van der Waals surface area contributed by atoms with Crippen LogP contribution in [-0.2, 0) is 12.6 Å². The van der Waals surface area contributed by atoms with Crippen LogP contribution in [0.5, 0.6) is 0 Å². The number of hydrogen-bond acceptors (Lipinski definition) is 2. The highest BCUT2D eigenvalue weighted by molar-refractivity contribution is 5.32. The van der Waals surface area contributed by atoms with E-state index in [-0.39, 0.29) is 24.5 Å². The zero-order valence-electron chi connectivity index (χ0n) is 7.93. The minimum Gasteiger partial charge on any atom is -0.396 e. The van der Waals surface area contributed by atoms with E-state index in [4.69, 9.17) is 5.11 Å². The molecule has 2 N–H and O–H groups in total. The van der Waals surface area contributed by atoms with E-state index in [9.17, 15) is 13.2 Å². The number of H-pyrrole nitrogens is 1. The fourth-order valence-electron chi connectivity index (χ4n) is 1.69. The molecule has 1 fully saturated rings. The maximum absolute atomic E-state index is 12.5. The van der Waals surface area contributed by atoms with Crippen molar-refractivity contribution in [3.63, 3.8) is 0 Å². The zero-order chi connectivity index (χ0) is 11.1. The average Bonchev–Trinajstić information content (AvgIpc) is 2.87. The molecule has 0 spiro atoms. The van der Waals surface area contributed by atoms with Gasteiger partial charge in [-0.3, -0.25) is 5.10 Å². The normalized spacial score (nSPS) is 17.1. The van der Waals surface area contributed by atoms with Crippen LogP contribution < -0.4 is 0 Å². The molecule has 1 aliphatic rings. The maximum Gasteiger partial charge on any atom is 0.435 e. The lowest BCUT2D eigenvalue weighted by Gasteiger charge is -2.06. The number of nitrogens with one attached hydrogen (secondary N) is 1. The summed E-state index contributed by atoms with van der Waals surface area (Å²) in [6, 6.07) is 0.